The van der Waals surface area contributed by atoms with Crippen molar-refractivity contribution in [2.45, 2.75) is 51.9 Å². The van der Waals surface area contributed by atoms with Crippen LogP contribution in [-0.4, -0.2) is 11.6 Å². The maximum atomic E-state index is 12.3. The van der Waals surface area contributed by atoms with E-state index in [1.54, 1.807) is 6.92 Å². The minimum absolute atomic E-state index is 0.211. The Morgan fingerprint density at radius 2 is 1.68 bits per heavy atom. The lowest BCUT2D eigenvalue weighted by molar-refractivity contribution is -0.116. The summed E-state index contributed by atoms with van der Waals surface area (Å²) in [6, 6.07) is 7.82. The van der Waals surface area contributed by atoms with Gasteiger partial charge in [-0.2, -0.15) is 0 Å². The fourth-order valence-electron chi connectivity index (χ4n) is 2.76. The van der Waals surface area contributed by atoms with Gasteiger partial charge in [-0.25, -0.2) is 0 Å². The van der Waals surface area contributed by atoms with E-state index in [4.69, 9.17) is 0 Å². The van der Waals surface area contributed by atoms with Gasteiger partial charge < -0.3 is 4.79 Å². The van der Waals surface area contributed by atoms with Gasteiger partial charge in [0.05, 0.1) is 0 Å². The molecular formula is C17H22O2. The number of hydrogen-bond donors (Lipinski definition) is 0. The van der Waals surface area contributed by atoms with Gasteiger partial charge in [0.2, 0.25) is 0 Å². The van der Waals surface area contributed by atoms with Gasteiger partial charge in [-0.05, 0) is 31.7 Å². The zero-order chi connectivity index (χ0) is 13.7. The van der Waals surface area contributed by atoms with Gasteiger partial charge >= 0.3 is 0 Å². The Hall–Kier alpha value is -1.44. The minimum atomic E-state index is 0.211. The molecule has 0 unspecified atom stereocenters. The van der Waals surface area contributed by atoms with Crippen molar-refractivity contribution in [2.24, 2.45) is 5.92 Å². The van der Waals surface area contributed by atoms with Gasteiger partial charge in [0.25, 0.3) is 0 Å². The number of carbonyl (C=O) groups is 2. The van der Waals surface area contributed by atoms with E-state index in [9.17, 15) is 9.59 Å². The molecule has 0 spiro atoms. The second-order valence-corrected chi connectivity index (χ2v) is 5.60. The number of Topliss-reactive ketones (excluding diaryl/α,β-unsaturated/α-hetero) is 2. The lowest BCUT2D eigenvalue weighted by atomic mass is 9.84. The van der Waals surface area contributed by atoms with Gasteiger partial charge in [-0.1, -0.05) is 43.5 Å². The molecular weight excluding hydrogens is 236 g/mol. The van der Waals surface area contributed by atoms with Gasteiger partial charge in [0, 0.05) is 17.9 Å². The highest BCUT2D eigenvalue weighted by molar-refractivity contribution is 5.97. The van der Waals surface area contributed by atoms with E-state index in [0.29, 0.717) is 12.2 Å². The summed E-state index contributed by atoms with van der Waals surface area (Å²) in [5.41, 5.74) is 1.97. The molecule has 1 aliphatic carbocycles. The zero-order valence-corrected chi connectivity index (χ0v) is 11.7. The van der Waals surface area contributed by atoms with Gasteiger partial charge in [-0.15, -0.1) is 0 Å². The Morgan fingerprint density at radius 1 is 1.05 bits per heavy atom. The maximum Gasteiger partial charge on any atom is 0.165 e. The van der Waals surface area contributed by atoms with Crippen LogP contribution >= 0.6 is 0 Å². The van der Waals surface area contributed by atoms with Crippen molar-refractivity contribution in [1.29, 1.82) is 0 Å². The fraction of sp³-hybridized carbons (Fsp3) is 0.529. The Labute approximate surface area is 115 Å². The number of aryl methyl sites for hydroxylation is 1. The van der Waals surface area contributed by atoms with Crippen molar-refractivity contribution in [2.75, 3.05) is 0 Å². The van der Waals surface area contributed by atoms with E-state index in [-0.39, 0.29) is 11.7 Å². The standard InChI is InChI=1S/C17H22O2/c1-13(18)7-8-14-9-11-16(12-10-14)17(19)15-5-3-2-4-6-15/h9-12,15H,2-8H2,1H3. The summed E-state index contributed by atoms with van der Waals surface area (Å²) in [5, 5.41) is 0. The van der Waals surface area contributed by atoms with E-state index in [1.807, 2.05) is 24.3 Å². The van der Waals surface area contributed by atoms with Crippen LogP contribution in [-0.2, 0) is 11.2 Å². The van der Waals surface area contributed by atoms with Crippen molar-refractivity contribution in [1.82, 2.24) is 0 Å². The van der Waals surface area contributed by atoms with E-state index in [2.05, 4.69) is 0 Å². The molecule has 0 atom stereocenters. The summed E-state index contributed by atoms with van der Waals surface area (Å²) in [4.78, 5) is 23.3. The highest BCUT2D eigenvalue weighted by atomic mass is 16.1. The van der Waals surface area contributed by atoms with Crippen molar-refractivity contribution >= 4 is 11.6 Å². The van der Waals surface area contributed by atoms with Gasteiger partial charge in [0.1, 0.15) is 5.78 Å². The van der Waals surface area contributed by atoms with Crippen LogP contribution in [0.15, 0.2) is 24.3 Å². The first kappa shape index (κ1) is 14.0. The molecule has 0 amide bonds. The van der Waals surface area contributed by atoms with Crippen molar-refractivity contribution in [3.8, 4) is 0 Å². The Morgan fingerprint density at radius 3 is 2.26 bits per heavy atom. The predicted molar refractivity (Wildman–Crippen MR) is 76.3 cm³/mol. The van der Waals surface area contributed by atoms with Crippen molar-refractivity contribution in [3.05, 3.63) is 35.4 Å². The summed E-state index contributed by atoms with van der Waals surface area (Å²) in [6.07, 6.45) is 7.09. The van der Waals surface area contributed by atoms with E-state index in [0.717, 1.165) is 30.4 Å². The normalized spacial score (nSPS) is 16.3. The summed E-state index contributed by atoms with van der Waals surface area (Å²) >= 11 is 0. The molecule has 0 heterocycles. The fourth-order valence-corrected chi connectivity index (χ4v) is 2.76. The predicted octanol–water partition coefficient (Wildman–Crippen LogP) is 3.97. The molecule has 19 heavy (non-hydrogen) atoms. The van der Waals surface area contributed by atoms with Crippen LogP contribution < -0.4 is 0 Å². The van der Waals surface area contributed by atoms with Crippen LogP contribution in [0.4, 0.5) is 0 Å². The average molecular weight is 258 g/mol. The number of carbonyl (C=O) groups excluding carboxylic acids is 2. The number of hydrogen-bond acceptors (Lipinski definition) is 2. The van der Waals surface area contributed by atoms with E-state index in [1.165, 1.54) is 19.3 Å². The maximum absolute atomic E-state index is 12.3. The molecule has 0 bridgehead atoms. The molecule has 1 fully saturated rings. The lowest BCUT2D eigenvalue weighted by Gasteiger charge is -2.20. The largest absolute Gasteiger partial charge is 0.300 e. The number of rotatable bonds is 5. The summed E-state index contributed by atoms with van der Waals surface area (Å²) in [7, 11) is 0. The highest BCUT2D eigenvalue weighted by Gasteiger charge is 2.21. The van der Waals surface area contributed by atoms with Crippen LogP contribution in [0.1, 0.15) is 61.4 Å². The van der Waals surface area contributed by atoms with Crippen molar-refractivity contribution < 1.29 is 9.59 Å². The SMILES string of the molecule is CC(=O)CCc1ccc(C(=O)C2CCCCC2)cc1. The first-order chi connectivity index (χ1) is 9.16. The summed E-state index contributed by atoms with van der Waals surface area (Å²) < 4.78 is 0. The monoisotopic (exact) mass is 258 g/mol. The van der Waals surface area contributed by atoms with Crippen LogP contribution in [0.25, 0.3) is 0 Å². The van der Waals surface area contributed by atoms with Crippen molar-refractivity contribution in [3.63, 3.8) is 0 Å². The molecule has 1 aromatic carbocycles. The van der Waals surface area contributed by atoms with E-state index < -0.39 is 0 Å². The molecule has 1 aliphatic rings. The van der Waals surface area contributed by atoms with E-state index >= 15 is 0 Å². The molecule has 1 aromatic rings. The van der Waals surface area contributed by atoms with Crippen LogP contribution in [0, 0.1) is 5.92 Å². The average Bonchev–Trinajstić information content (AvgIpc) is 2.46. The Balaban J connectivity index is 1.97. The zero-order valence-electron chi connectivity index (χ0n) is 11.7. The molecule has 1 saturated carbocycles. The topological polar surface area (TPSA) is 34.1 Å². The minimum Gasteiger partial charge on any atom is -0.300 e. The molecule has 0 aromatic heterocycles. The first-order valence-corrected chi connectivity index (χ1v) is 7.29. The highest BCUT2D eigenvalue weighted by Crippen LogP contribution is 2.27. The van der Waals surface area contributed by atoms with Gasteiger partial charge in [0.15, 0.2) is 5.78 Å². The summed E-state index contributed by atoms with van der Waals surface area (Å²) in [5.74, 6) is 0.747. The molecule has 2 heteroatoms. The van der Waals surface area contributed by atoms with Crippen LogP contribution in [0.2, 0.25) is 0 Å². The second kappa shape index (κ2) is 6.65. The molecule has 0 radical (unpaired) electrons. The van der Waals surface area contributed by atoms with Crippen LogP contribution in [0.5, 0.6) is 0 Å². The second-order valence-electron chi connectivity index (χ2n) is 5.60. The van der Waals surface area contributed by atoms with Gasteiger partial charge in [-0.3, -0.25) is 4.79 Å². The molecule has 0 aliphatic heterocycles. The molecule has 2 nitrogen and oxygen atoms in total. The summed E-state index contributed by atoms with van der Waals surface area (Å²) in [6.45, 7) is 1.61. The number of benzene rings is 1. The lowest BCUT2D eigenvalue weighted by Crippen LogP contribution is -2.17. The Kier molecular flexibility index (Phi) is 4.89. The molecule has 0 N–H and O–H groups in total. The quantitative estimate of drug-likeness (QED) is 0.749. The molecule has 102 valence electrons. The number of ketones is 2. The smallest absolute Gasteiger partial charge is 0.165 e. The molecule has 0 saturated heterocycles. The third-order valence-corrected chi connectivity index (χ3v) is 3.98. The molecule has 2 rings (SSSR count). The Bertz CT molecular complexity index is 439. The third-order valence-electron chi connectivity index (χ3n) is 3.98. The van der Waals surface area contributed by atoms with Crippen LogP contribution in [0.3, 0.4) is 0 Å². The first-order valence-electron chi connectivity index (χ1n) is 7.29. The third kappa shape index (κ3) is 4.02.